The number of aliphatic carboxylic acids is 1. The van der Waals surface area contributed by atoms with Crippen LogP contribution in [0.4, 0.5) is 11.4 Å². The minimum absolute atomic E-state index is 0.159. The maximum Gasteiger partial charge on any atom is 0.320 e. The minimum atomic E-state index is -0.801. The molecule has 2 fully saturated rings. The van der Waals surface area contributed by atoms with Crippen molar-refractivity contribution in [3.05, 3.63) is 105 Å². The third kappa shape index (κ3) is 8.40. The second-order valence-corrected chi connectivity index (χ2v) is 14.8. The highest BCUT2D eigenvalue weighted by atomic mass is 35.5. The Morgan fingerprint density at radius 3 is 2.13 bits per heavy atom. The lowest BCUT2D eigenvalue weighted by Gasteiger charge is -2.33. The van der Waals surface area contributed by atoms with Gasteiger partial charge in [0.15, 0.2) is 0 Å². The van der Waals surface area contributed by atoms with E-state index in [0.717, 1.165) is 87.0 Å². The van der Waals surface area contributed by atoms with Crippen LogP contribution in [0.5, 0.6) is 0 Å². The van der Waals surface area contributed by atoms with E-state index in [9.17, 15) is 19.5 Å². The number of carbonyl (C=O) groups excluding carboxylic acids is 2. The smallest absolute Gasteiger partial charge is 0.320 e. The molecule has 0 bridgehead atoms. The number of halogens is 2. The number of benzene rings is 2. The van der Waals surface area contributed by atoms with Crippen LogP contribution >= 0.6 is 23.2 Å². The minimum Gasteiger partial charge on any atom is -0.480 e. The predicted molar refractivity (Wildman–Crippen MR) is 205 cm³/mol. The number of fused-ring (bicyclic) bond motifs is 1. The van der Waals surface area contributed by atoms with Gasteiger partial charge in [-0.25, -0.2) is 0 Å². The fourth-order valence-corrected chi connectivity index (χ4v) is 7.91. The van der Waals surface area contributed by atoms with Crippen LogP contribution in [0.3, 0.4) is 0 Å². The Labute approximate surface area is 318 Å². The molecule has 1 aliphatic carbocycles. The van der Waals surface area contributed by atoms with Gasteiger partial charge in [-0.3, -0.25) is 34.2 Å². The summed E-state index contributed by atoms with van der Waals surface area (Å²) in [6.07, 6.45) is 9.50. The zero-order chi connectivity index (χ0) is 37.1. The van der Waals surface area contributed by atoms with Crippen LogP contribution in [0.25, 0.3) is 11.1 Å². The number of aliphatic hydroxyl groups excluding tert-OH is 1. The van der Waals surface area contributed by atoms with Crippen molar-refractivity contribution >= 4 is 52.4 Å². The van der Waals surface area contributed by atoms with Gasteiger partial charge in [0.2, 0.25) is 0 Å². The van der Waals surface area contributed by atoms with Gasteiger partial charge in [-0.05, 0) is 97.5 Å². The first-order chi connectivity index (χ1) is 25.7. The molecular weight excluding hydrogens is 715 g/mol. The molecule has 0 spiro atoms. The van der Waals surface area contributed by atoms with Crippen LogP contribution in [-0.2, 0) is 24.3 Å². The van der Waals surface area contributed by atoms with Crippen molar-refractivity contribution in [1.29, 1.82) is 0 Å². The third-order valence-electron chi connectivity index (χ3n) is 10.4. The Balaban J connectivity index is 1.06. The number of carbonyl (C=O) groups is 3. The molecule has 2 aliphatic heterocycles. The number of carboxylic acid groups (broad SMARTS) is 1. The van der Waals surface area contributed by atoms with Crippen LogP contribution in [0.15, 0.2) is 60.9 Å². The first kappa shape index (κ1) is 36.9. The lowest BCUT2D eigenvalue weighted by molar-refractivity contribution is -0.144. The SMILES string of the molecule is O=C(Nc1cccc(-c2cccc(NC(=O)c3cc(C4CC4)c(CN4CCCC[C@H]4C(=O)O)cn3)c2Cl)c1Cl)c1cc2c(cn1)CN(CCCO)CC2. The number of hydrogen-bond donors (Lipinski definition) is 4. The molecule has 13 heteroatoms. The van der Waals surface area contributed by atoms with E-state index in [4.69, 9.17) is 28.3 Å². The number of carboxylic acids is 1. The summed E-state index contributed by atoms with van der Waals surface area (Å²) in [7, 11) is 0. The monoisotopic (exact) mass is 756 g/mol. The number of pyridine rings is 2. The molecule has 4 heterocycles. The number of nitrogens with one attached hydrogen (secondary N) is 2. The largest absolute Gasteiger partial charge is 0.480 e. The maximum absolute atomic E-state index is 13.6. The topological polar surface area (TPSA) is 148 Å². The van der Waals surface area contributed by atoms with Gasteiger partial charge in [-0.15, -0.1) is 0 Å². The van der Waals surface area contributed by atoms with E-state index < -0.39 is 17.9 Å². The molecule has 4 aromatic rings. The van der Waals surface area contributed by atoms with E-state index in [0.29, 0.717) is 47.1 Å². The van der Waals surface area contributed by atoms with E-state index in [2.05, 4.69) is 25.5 Å². The first-order valence-electron chi connectivity index (χ1n) is 18.2. The summed E-state index contributed by atoms with van der Waals surface area (Å²) >= 11 is 13.8. The van der Waals surface area contributed by atoms with Gasteiger partial charge >= 0.3 is 5.97 Å². The van der Waals surface area contributed by atoms with E-state index >= 15 is 0 Å². The average Bonchev–Trinajstić information content (AvgIpc) is 4.01. The van der Waals surface area contributed by atoms with Crippen molar-refractivity contribution in [2.75, 3.05) is 36.9 Å². The number of amides is 2. The molecule has 0 unspecified atom stereocenters. The molecule has 1 saturated carbocycles. The van der Waals surface area contributed by atoms with Gasteiger partial charge in [-0.1, -0.05) is 53.9 Å². The zero-order valence-corrected chi connectivity index (χ0v) is 30.8. The Hall–Kier alpha value is -4.39. The summed E-state index contributed by atoms with van der Waals surface area (Å²) in [4.78, 5) is 52.0. The van der Waals surface area contributed by atoms with Crippen LogP contribution in [-0.4, -0.2) is 80.0 Å². The van der Waals surface area contributed by atoms with Gasteiger partial charge in [0, 0.05) is 56.3 Å². The van der Waals surface area contributed by atoms with Crippen LogP contribution in [0, 0.1) is 0 Å². The molecular formula is C40H42Cl2N6O5. The van der Waals surface area contributed by atoms with Crippen LogP contribution in [0.1, 0.15) is 87.7 Å². The van der Waals surface area contributed by atoms with E-state index in [1.807, 2.05) is 17.0 Å². The number of nitrogens with zero attached hydrogens (tertiary/aromatic N) is 4. The number of aliphatic hydroxyl groups is 1. The summed E-state index contributed by atoms with van der Waals surface area (Å²) in [5.74, 6) is -1.28. The lowest BCUT2D eigenvalue weighted by atomic mass is 9.99. The molecule has 0 radical (unpaired) electrons. The van der Waals surface area contributed by atoms with Gasteiger partial charge in [0.05, 0.1) is 21.4 Å². The van der Waals surface area contributed by atoms with Crippen molar-refractivity contribution in [3.63, 3.8) is 0 Å². The quantitative estimate of drug-likeness (QED) is 0.120. The standard InChI is InChI=1S/C40H42Cl2N6O5/c41-36-28(6-3-8-31(36)45-38(50)33-18-25-13-16-47(14-5-17-49)22-26(25)20-43-33)29-7-4-9-32(37(29)42)46-39(51)34-19-30(24-11-12-24)27(21-44-34)23-48-15-2-1-10-35(48)40(52)53/h3-4,6-9,18-21,24,35,49H,1-2,5,10-17,22-23H2,(H,45,50)(H,46,51)(H,52,53)/t35-/m0/s1. The molecule has 53 heavy (non-hydrogen) atoms. The van der Waals surface area contributed by atoms with Crippen molar-refractivity contribution in [1.82, 2.24) is 19.8 Å². The normalized spacial score (nSPS) is 17.6. The molecule has 2 amide bonds. The first-order valence-corrected chi connectivity index (χ1v) is 18.9. The second-order valence-electron chi connectivity index (χ2n) is 14.0. The Kier molecular flexibility index (Phi) is 11.4. The van der Waals surface area contributed by atoms with E-state index in [-0.39, 0.29) is 28.3 Å². The molecule has 276 valence electrons. The summed E-state index contributed by atoms with van der Waals surface area (Å²) in [6, 6.07) is 13.7. The molecule has 7 rings (SSSR count). The van der Waals surface area contributed by atoms with E-state index in [1.54, 1.807) is 48.8 Å². The fourth-order valence-electron chi connectivity index (χ4n) is 7.36. The molecule has 2 aromatic carbocycles. The van der Waals surface area contributed by atoms with Crippen molar-refractivity contribution in [3.8, 4) is 11.1 Å². The number of hydrogen-bond acceptors (Lipinski definition) is 8. The summed E-state index contributed by atoms with van der Waals surface area (Å²) in [5.41, 5.74) is 6.61. The van der Waals surface area contributed by atoms with Gasteiger partial charge < -0.3 is 20.8 Å². The highest BCUT2D eigenvalue weighted by Gasteiger charge is 2.32. The Morgan fingerprint density at radius 2 is 1.49 bits per heavy atom. The predicted octanol–water partition coefficient (Wildman–Crippen LogP) is 7.01. The fraction of sp³-hybridized carbons (Fsp3) is 0.375. The highest BCUT2D eigenvalue weighted by Crippen LogP contribution is 2.43. The average molecular weight is 758 g/mol. The van der Waals surface area contributed by atoms with Gasteiger partial charge in [-0.2, -0.15) is 0 Å². The number of anilines is 2. The molecule has 4 N–H and O–H groups in total. The highest BCUT2D eigenvalue weighted by molar-refractivity contribution is 6.40. The maximum atomic E-state index is 13.6. The van der Waals surface area contributed by atoms with Gasteiger partial charge in [0.25, 0.3) is 11.8 Å². The number of likely N-dealkylation sites (tertiary alicyclic amines) is 1. The molecule has 1 saturated heterocycles. The summed E-state index contributed by atoms with van der Waals surface area (Å²) < 4.78 is 0. The van der Waals surface area contributed by atoms with Gasteiger partial charge in [0.1, 0.15) is 17.4 Å². The van der Waals surface area contributed by atoms with E-state index in [1.165, 1.54) is 0 Å². The number of piperidine rings is 1. The lowest BCUT2D eigenvalue weighted by Crippen LogP contribution is -2.44. The third-order valence-corrected chi connectivity index (χ3v) is 11.2. The zero-order valence-electron chi connectivity index (χ0n) is 29.3. The Morgan fingerprint density at radius 1 is 0.830 bits per heavy atom. The summed E-state index contributed by atoms with van der Waals surface area (Å²) in [5, 5.41) is 25.3. The van der Waals surface area contributed by atoms with Crippen molar-refractivity contribution in [2.45, 2.75) is 70.0 Å². The van der Waals surface area contributed by atoms with Crippen molar-refractivity contribution < 1.29 is 24.6 Å². The molecule has 11 nitrogen and oxygen atoms in total. The summed E-state index contributed by atoms with van der Waals surface area (Å²) in [6.45, 7) is 3.77. The van der Waals surface area contributed by atoms with Crippen molar-refractivity contribution in [2.24, 2.45) is 0 Å². The van der Waals surface area contributed by atoms with Crippen LogP contribution < -0.4 is 10.6 Å². The van der Waals surface area contributed by atoms with Crippen LogP contribution in [0.2, 0.25) is 10.0 Å². The molecule has 2 aromatic heterocycles. The number of rotatable bonds is 12. The number of aromatic nitrogens is 2. The molecule has 1 atom stereocenters. The molecule has 3 aliphatic rings. The second kappa shape index (κ2) is 16.3. The Bertz CT molecular complexity index is 2040.